The van der Waals surface area contributed by atoms with Crippen molar-refractivity contribution in [3.8, 4) is 0 Å². The summed E-state index contributed by atoms with van der Waals surface area (Å²) in [5.41, 5.74) is 5.00. The van der Waals surface area contributed by atoms with E-state index < -0.39 is 10.0 Å². The summed E-state index contributed by atoms with van der Waals surface area (Å²) in [6.45, 7) is 2.25. The molecule has 0 saturated carbocycles. The summed E-state index contributed by atoms with van der Waals surface area (Å²) in [6, 6.07) is 8.78. The van der Waals surface area contributed by atoms with Crippen molar-refractivity contribution in [1.29, 1.82) is 0 Å². The Balaban J connectivity index is 1.39. The van der Waals surface area contributed by atoms with E-state index in [1.165, 1.54) is 9.87 Å². The van der Waals surface area contributed by atoms with Crippen molar-refractivity contribution < 1.29 is 13.3 Å². The van der Waals surface area contributed by atoms with E-state index in [0.717, 1.165) is 49.0 Å². The van der Waals surface area contributed by atoms with Crippen LogP contribution >= 0.6 is 0 Å². The van der Waals surface area contributed by atoms with E-state index in [9.17, 15) is 18.5 Å². The van der Waals surface area contributed by atoms with Crippen LogP contribution < -0.4 is 10.2 Å². The zero-order chi connectivity index (χ0) is 20.9. The van der Waals surface area contributed by atoms with Gasteiger partial charge in [0.2, 0.25) is 10.0 Å². The van der Waals surface area contributed by atoms with Crippen molar-refractivity contribution in [2.75, 3.05) is 42.9 Å². The van der Waals surface area contributed by atoms with Gasteiger partial charge in [-0.3, -0.25) is 10.1 Å². The number of hydrogen-bond donors (Lipinski definition) is 1. The minimum Gasteiger partial charge on any atom is -0.384 e. The minimum absolute atomic E-state index is 0.0902. The minimum atomic E-state index is -3.57. The van der Waals surface area contributed by atoms with Crippen LogP contribution in [0.25, 0.3) is 0 Å². The molecule has 9 heteroatoms. The molecule has 2 aliphatic heterocycles. The van der Waals surface area contributed by atoms with Gasteiger partial charge in [0.05, 0.1) is 9.82 Å². The third kappa shape index (κ3) is 3.13. The normalized spacial score (nSPS) is 18.7. The maximum atomic E-state index is 13.2. The number of nitrogens with zero attached hydrogens (tertiary/aromatic N) is 3. The molecule has 5 rings (SSSR count). The van der Waals surface area contributed by atoms with Crippen molar-refractivity contribution in [2.24, 2.45) is 0 Å². The Bertz CT molecular complexity index is 1120. The van der Waals surface area contributed by atoms with Gasteiger partial charge in [-0.1, -0.05) is 6.07 Å². The molecule has 2 aromatic rings. The molecule has 3 aliphatic rings. The Hall–Kier alpha value is -2.65. The van der Waals surface area contributed by atoms with Gasteiger partial charge in [0.1, 0.15) is 5.69 Å². The number of fused-ring (bicyclic) bond motifs is 2. The second-order valence-electron chi connectivity index (χ2n) is 8.07. The van der Waals surface area contributed by atoms with Gasteiger partial charge < -0.3 is 10.2 Å². The van der Waals surface area contributed by atoms with E-state index in [2.05, 4.69) is 5.32 Å². The number of piperazine rings is 1. The molecule has 1 aliphatic carbocycles. The van der Waals surface area contributed by atoms with Crippen molar-refractivity contribution >= 4 is 27.1 Å². The maximum Gasteiger partial charge on any atom is 0.292 e. The predicted octanol–water partition coefficient (Wildman–Crippen LogP) is 2.56. The fourth-order valence-electron chi connectivity index (χ4n) is 4.87. The molecule has 1 fully saturated rings. The molecule has 0 spiro atoms. The summed E-state index contributed by atoms with van der Waals surface area (Å²) < 4.78 is 27.9. The van der Waals surface area contributed by atoms with Crippen LogP contribution in [0.2, 0.25) is 0 Å². The second kappa shape index (κ2) is 7.24. The van der Waals surface area contributed by atoms with Crippen LogP contribution in [-0.2, 0) is 29.3 Å². The molecule has 2 aromatic carbocycles. The summed E-state index contributed by atoms with van der Waals surface area (Å²) >= 11 is 0. The first-order valence-electron chi connectivity index (χ1n) is 10.4. The smallest absolute Gasteiger partial charge is 0.292 e. The van der Waals surface area contributed by atoms with Crippen LogP contribution in [0.1, 0.15) is 23.1 Å². The van der Waals surface area contributed by atoms with Gasteiger partial charge in [-0.25, -0.2) is 8.42 Å². The summed E-state index contributed by atoms with van der Waals surface area (Å²) in [5, 5.41) is 14.9. The number of nitro groups is 1. The van der Waals surface area contributed by atoms with Gasteiger partial charge in [0.15, 0.2) is 0 Å². The molecular formula is C21H24N4O4S. The Morgan fingerprint density at radius 2 is 1.73 bits per heavy atom. The van der Waals surface area contributed by atoms with Gasteiger partial charge in [0.25, 0.3) is 5.69 Å². The van der Waals surface area contributed by atoms with Crippen molar-refractivity contribution in [3.63, 3.8) is 0 Å². The van der Waals surface area contributed by atoms with Crippen LogP contribution in [0.15, 0.2) is 35.2 Å². The highest BCUT2D eigenvalue weighted by Crippen LogP contribution is 2.40. The SMILES string of the molecule is O=[N+]([O-])c1ccc2c(c1N1CCN(S(=O)(=O)c3ccc4c(c3)CCC4)CC1)CCN2. The van der Waals surface area contributed by atoms with Crippen LogP contribution in [0, 0.1) is 10.1 Å². The summed E-state index contributed by atoms with van der Waals surface area (Å²) in [4.78, 5) is 13.6. The van der Waals surface area contributed by atoms with Crippen LogP contribution in [0.4, 0.5) is 17.1 Å². The lowest BCUT2D eigenvalue weighted by Gasteiger charge is -2.36. The highest BCUT2D eigenvalue weighted by atomic mass is 32.2. The van der Waals surface area contributed by atoms with E-state index in [1.54, 1.807) is 18.2 Å². The summed E-state index contributed by atoms with van der Waals surface area (Å²) in [5.74, 6) is 0. The highest BCUT2D eigenvalue weighted by molar-refractivity contribution is 7.89. The molecule has 0 radical (unpaired) electrons. The molecule has 0 bridgehead atoms. The van der Waals surface area contributed by atoms with E-state index in [4.69, 9.17) is 0 Å². The molecule has 1 N–H and O–H groups in total. The molecular weight excluding hydrogens is 404 g/mol. The molecule has 0 amide bonds. The number of nitrogens with one attached hydrogen (secondary N) is 1. The van der Waals surface area contributed by atoms with Crippen LogP contribution in [0.5, 0.6) is 0 Å². The molecule has 2 heterocycles. The fraction of sp³-hybridized carbons (Fsp3) is 0.429. The molecule has 158 valence electrons. The van der Waals surface area contributed by atoms with Gasteiger partial charge in [-0.15, -0.1) is 0 Å². The first kappa shape index (κ1) is 19.3. The van der Waals surface area contributed by atoms with E-state index in [1.807, 2.05) is 17.0 Å². The van der Waals surface area contributed by atoms with Crippen molar-refractivity contribution in [3.05, 3.63) is 57.1 Å². The Morgan fingerprint density at radius 1 is 0.967 bits per heavy atom. The lowest BCUT2D eigenvalue weighted by atomic mass is 10.1. The first-order chi connectivity index (χ1) is 14.4. The van der Waals surface area contributed by atoms with Crippen LogP contribution in [0.3, 0.4) is 0 Å². The van der Waals surface area contributed by atoms with E-state index in [0.29, 0.717) is 36.8 Å². The maximum absolute atomic E-state index is 13.2. The van der Waals surface area contributed by atoms with Crippen molar-refractivity contribution in [2.45, 2.75) is 30.6 Å². The number of hydrogen-bond acceptors (Lipinski definition) is 6. The molecule has 30 heavy (non-hydrogen) atoms. The standard InChI is InChI=1S/C21H24N4O4S/c26-25(27)20-7-6-19-18(8-9-22-19)21(20)23-10-12-24(13-11-23)30(28,29)17-5-4-15-2-1-3-16(15)14-17/h4-7,14,22H,1-3,8-13H2. The lowest BCUT2D eigenvalue weighted by molar-refractivity contribution is -0.384. The third-order valence-corrected chi connectivity index (χ3v) is 8.31. The Labute approximate surface area is 175 Å². The number of aryl methyl sites for hydroxylation is 2. The largest absolute Gasteiger partial charge is 0.384 e. The fourth-order valence-corrected chi connectivity index (χ4v) is 6.35. The molecule has 8 nitrogen and oxygen atoms in total. The molecule has 0 unspecified atom stereocenters. The Morgan fingerprint density at radius 3 is 2.50 bits per heavy atom. The number of nitro benzene ring substituents is 1. The van der Waals surface area contributed by atoms with Gasteiger partial charge >= 0.3 is 0 Å². The van der Waals surface area contributed by atoms with Gasteiger partial charge in [-0.2, -0.15) is 4.31 Å². The average molecular weight is 429 g/mol. The highest BCUT2D eigenvalue weighted by Gasteiger charge is 2.33. The molecule has 0 atom stereocenters. The summed E-state index contributed by atoms with van der Waals surface area (Å²) in [6.07, 6.45) is 3.76. The average Bonchev–Trinajstić information content (AvgIpc) is 3.41. The first-order valence-corrected chi connectivity index (χ1v) is 11.8. The zero-order valence-electron chi connectivity index (χ0n) is 16.6. The molecule has 0 aromatic heterocycles. The molecule has 1 saturated heterocycles. The van der Waals surface area contributed by atoms with Crippen molar-refractivity contribution in [1.82, 2.24) is 4.31 Å². The Kier molecular flexibility index (Phi) is 4.67. The van der Waals surface area contributed by atoms with Gasteiger partial charge in [-0.05, 0) is 55.0 Å². The van der Waals surface area contributed by atoms with E-state index >= 15 is 0 Å². The quantitative estimate of drug-likeness (QED) is 0.594. The number of anilines is 2. The van der Waals surface area contributed by atoms with Gasteiger partial charge in [0, 0.05) is 50.0 Å². The second-order valence-corrected chi connectivity index (χ2v) is 10.0. The van der Waals surface area contributed by atoms with Crippen LogP contribution in [-0.4, -0.2) is 50.4 Å². The summed E-state index contributed by atoms with van der Waals surface area (Å²) in [7, 11) is -3.57. The number of sulfonamides is 1. The monoisotopic (exact) mass is 428 g/mol. The lowest BCUT2D eigenvalue weighted by Crippen LogP contribution is -2.49. The zero-order valence-corrected chi connectivity index (χ0v) is 17.5. The van der Waals surface area contributed by atoms with E-state index in [-0.39, 0.29) is 10.6 Å². The predicted molar refractivity (Wildman–Crippen MR) is 115 cm³/mol. The number of rotatable bonds is 4. The number of benzene rings is 2. The third-order valence-electron chi connectivity index (χ3n) is 6.41. The topological polar surface area (TPSA) is 95.8 Å².